The SMILES string of the molecule is Cc1ccc(S(=O)(=O)NN=C2C[C@H]3C[C@H](O[C@H]4CCCCO4)[C@H]2CC3(C)C)cc1. The molecule has 3 aliphatic carbocycles. The summed E-state index contributed by atoms with van der Waals surface area (Å²) in [6.07, 6.45) is 5.84. The van der Waals surface area contributed by atoms with Crippen molar-refractivity contribution in [3.8, 4) is 0 Å². The molecule has 5 rings (SSSR count). The Hall–Kier alpha value is -1.44. The van der Waals surface area contributed by atoms with Gasteiger partial charge < -0.3 is 9.47 Å². The van der Waals surface area contributed by atoms with Crippen molar-refractivity contribution < 1.29 is 17.9 Å². The standard InChI is InChI=1S/C22H32N2O4S/c1-15-7-9-17(10-8-15)29(25,26)24-23-19-12-16-13-20(18(19)14-22(16,2)3)28-21-6-4-5-11-27-21/h7-10,16,18,20-21,24H,4-6,11-14H2,1-3H3/t16-,18-,20-,21-/m0/s1. The number of hydrogen-bond donors (Lipinski definition) is 1. The van der Waals surface area contributed by atoms with Crippen LogP contribution in [0.3, 0.4) is 0 Å². The van der Waals surface area contributed by atoms with E-state index in [0.29, 0.717) is 5.92 Å². The zero-order chi connectivity index (χ0) is 20.6. The first-order valence-corrected chi connectivity index (χ1v) is 12.1. The number of hydrogen-bond acceptors (Lipinski definition) is 5. The fourth-order valence-electron chi connectivity index (χ4n) is 4.91. The fourth-order valence-corrected chi connectivity index (χ4v) is 5.74. The maximum Gasteiger partial charge on any atom is 0.276 e. The van der Waals surface area contributed by atoms with Gasteiger partial charge in [-0.2, -0.15) is 13.5 Å². The van der Waals surface area contributed by atoms with Crippen LogP contribution in [-0.4, -0.2) is 33.1 Å². The van der Waals surface area contributed by atoms with Crippen LogP contribution in [0.1, 0.15) is 57.9 Å². The number of nitrogens with zero attached hydrogens (tertiary/aromatic N) is 1. The third-order valence-corrected chi connectivity index (χ3v) is 8.03. The Kier molecular flexibility index (Phi) is 5.75. The number of ether oxygens (including phenoxy) is 2. The molecule has 7 heteroatoms. The van der Waals surface area contributed by atoms with Crippen molar-refractivity contribution in [1.82, 2.24) is 4.83 Å². The van der Waals surface area contributed by atoms with Gasteiger partial charge in [0.15, 0.2) is 6.29 Å². The van der Waals surface area contributed by atoms with Gasteiger partial charge in [-0.05, 0) is 68.9 Å². The van der Waals surface area contributed by atoms with Gasteiger partial charge in [0, 0.05) is 18.2 Å². The highest BCUT2D eigenvalue weighted by Gasteiger charge is 2.50. The highest BCUT2D eigenvalue weighted by Crippen LogP contribution is 2.52. The number of sulfonamides is 1. The number of aryl methyl sites for hydroxylation is 1. The summed E-state index contributed by atoms with van der Waals surface area (Å²) in [5, 5.41) is 4.40. The van der Waals surface area contributed by atoms with Crippen molar-refractivity contribution >= 4 is 15.7 Å². The second kappa shape index (κ2) is 8.00. The third kappa shape index (κ3) is 4.52. The Morgan fingerprint density at radius 3 is 2.62 bits per heavy atom. The molecule has 0 aromatic heterocycles. The van der Waals surface area contributed by atoms with Gasteiger partial charge in [0.25, 0.3) is 10.0 Å². The zero-order valence-electron chi connectivity index (χ0n) is 17.6. The normalized spacial score (nSPS) is 33.0. The molecule has 1 N–H and O–H groups in total. The van der Waals surface area contributed by atoms with Crippen LogP contribution in [0.5, 0.6) is 0 Å². The maximum absolute atomic E-state index is 12.6. The molecule has 0 radical (unpaired) electrons. The second-order valence-corrected chi connectivity index (χ2v) is 11.1. The quantitative estimate of drug-likeness (QED) is 0.731. The van der Waals surface area contributed by atoms with Gasteiger partial charge >= 0.3 is 0 Å². The molecule has 1 aromatic rings. The van der Waals surface area contributed by atoms with Crippen LogP contribution in [0.2, 0.25) is 0 Å². The lowest BCUT2D eigenvalue weighted by Crippen LogP contribution is -2.52. The molecule has 4 atom stereocenters. The first-order chi connectivity index (χ1) is 13.7. The molecule has 6 nitrogen and oxygen atoms in total. The summed E-state index contributed by atoms with van der Waals surface area (Å²) in [4.78, 5) is 2.71. The zero-order valence-corrected chi connectivity index (χ0v) is 18.4. The van der Waals surface area contributed by atoms with E-state index in [-0.39, 0.29) is 28.6 Å². The molecule has 1 aliphatic heterocycles. The Morgan fingerprint density at radius 2 is 1.97 bits per heavy atom. The van der Waals surface area contributed by atoms with E-state index in [1.807, 2.05) is 6.92 Å². The number of nitrogens with one attached hydrogen (secondary N) is 1. The van der Waals surface area contributed by atoms with Gasteiger partial charge in [-0.1, -0.05) is 31.5 Å². The van der Waals surface area contributed by atoms with E-state index in [1.165, 1.54) is 0 Å². The second-order valence-electron chi connectivity index (χ2n) is 9.42. The lowest BCUT2D eigenvalue weighted by Gasteiger charge is -2.52. The molecule has 1 heterocycles. The molecule has 0 amide bonds. The van der Waals surface area contributed by atoms with Crippen LogP contribution < -0.4 is 4.83 Å². The van der Waals surface area contributed by atoms with Crippen molar-refractivity contribution in [3.05, 3.63) is 29.8 Å². The van der Waals surface area contributed by atoms with E-state index in [9.17, 15) is 8.42 Å². The Morgan fingerprint density at radius 1 is 1.21 bits per heavy atom. The van der Waals surface area contributed by atoms with E-state index in [0.717, 1.165) is 56.4 Å². The minimum atomic E-state index is -3.67. The van der Waals surface area contributed by atoms with Crippen molar-refractivity contribution in [3.63, 3.8) is 0 Å². The molecule has 0 spiro atoms. The topological polar surface area (TPSA) is 77.0 Å². The number of fused-ring (bicyclic) bond motifs is 3. The predicted molar refractivity (Wildman–Crippen MR) is 112 cm³/mol. The van der Waals surface area contributed by atoms with Gasteiger partial charge in [-0.15, -0.1) is 0 Å². The number of hydrazone groups is 1. The summed E-state index contributed by atoms with van der Waals surface area (Å²) in [6.45, 7) is 7.28. The van der Waals surface area contributed by atoms with E-state index in [2.05, 4.69) is 23.8 Å². The van der Waals surface area contributed by atoms with Crippen molar-refractivity contribution in [1.29, 1.82) is 0 Å². The minimum Gasteiger partial charge on any atom is -0.353 e. The number of benzene rings is 1. The Bertz CT molecular complexity index is 857. The molecule has 1 saturated heterocycles. The summed E-state index contributed by atoms with van der Waals surface area (Å²) < 4.78 is 37.4. The smallest absolute Gasteiger partial charge is 0.276 e. The van der Waals surface area contributed by atoms with Crippen molar-refractivity contribution in [2.75, 3.05) is 6.61 Å². The Balaban J connectivity index is 1.51. The largest absolute Gasteiger partial charge is 0.353 e. The maximum atomic E-state index is 12.6. The molecule has 160 valence electrons. The van der Waals surface area contributed by atoms with Gasteiger partial charge in [0.1, 0.15) is 0 Å². The molecule has 4 aliphatic rings. The molecule has 2 bridgehead atoms. The summed E-state index contributed by atoms with van der Waals surface area (Å²) in [5.41, 5.74) is 2.15. The van der Waals surface area contributed by atoms with E-state index in [4.69, 9.17) is 9.47 Å². The summed E-state index contributed by atoms with van der Waals surface area (Å²) >= 11 is 0. The molecule has 29 heavy (non-hydrogen) atoms. The summed E-state index contributed by atoms with van der Waals surface area (Å²) in [6, 6.07) is 6.81. The molecule has 0 unspecified atom stereocenters. The molecule has 3 saturated carbocycles. The van der Waals surface area contributed by atoms with E-state index in [1.54, 1.807) is 24.3 Å². The lowest BCUT2D eigenvalue weighted by molar-refractivity contribution is -0.211. The fraction of sp³-hybridized carbons (Fsp3) is 0.682. The van der Waals surface area contributed by atoms with Crippen LogP contribution in [0.25, 0.3) is 0 Å². The summed E-state index contributed by atoms with van der Waals surface area (Å²) in [5.74, 6) is 0.560. The van der Waals surface area contributed by atoms with Crippen molar-refractivity contribution in [2.24, 2.45) is 22.4 Å². The van der Waals surface area contributed by atoms with Crippen LogP contribution in [0, 0.1) is 24.2 Å². The molecular formula is C22H32N2O4S. The van der Waals surface area contributed by atoms with E-state index < -0.39 is 10.0 Å². The van der Waals surface area contributed by atoms with Crippen LogP contribution in [0.4, 0.5) is 0 Å². The number of rotatable bonds is 5. The average Bonchev–Trinajstić information content (AvgIpc) is 2.68. The first kappa shape index (κ1) is 20.8. The minimum absolute atomic E-state index is 0.0486. The van der Waals surface area contributed by atoms with E-state index >= 15 is 0 Å². The molecular weight excluding hydrogens is 388 g/mol. The van der Waals surface area contributed by atoms with Crippen molar-refractivity contribution in [2.45, 2.75) is 76.6 Å². The third-order valence-electron chi connectivity index (χ3n) is 6.81. The molecule has 1 aromatic carbocycles. The van der Waals surface area contributed by atoms with Gasteiger partial charge in [0.2, 0.25) is 0 Å². The van der Waals surface area contributed by atoms with Gasteiger partial charge in [-0.3, -0.25) is 0 Å². The highest BCUT2D eigenvalue weighted by molar-refractivity contribution is 7.89. The van der Waals surface area contributed by atoms with Crippen LogP contribution in [-0.2, 0) is 19.5 Å². The average molecular weight is 421 g/mol. The Labute approximate surface area is 174 Å². The van der Waals surface area contributed by atoms with Gasteiger partial charge in [0.05, 0.1) is 11.0 Å². The van der Waals surface area contributed by atoms with Crippen LogP contribution in [0.15, 0.2) is 34.3 Å². The van der Waals surface area contributed by atoms with Gasteiger partial charge in [-0.25, -0.2) is 4.83 Å². The predicted octanol–water partition coefficient (Wildman–Crippen LogP) is 4.00. The first-order valence-electron chi connectivity index (χ1n) is 10.7. The molecule has 4 fully saturated rings. The highest BCUT2D eigenvalue weighted by atomic mass is 32.2. The lowest BCUT2D eigenvalue weighted by atomic mass is 9.56. The monoisotopic (exact) mass is 420 g/mol. The summed E-state index contributed by atoms with van der Waals surface area (Å²) in [7, 11) is -3.67. The van der Waals surface area contributed by atoms with Crippen LogP contribution >= 0.6 is 0 Å².